The van der Waals surface area contributed by atoms with Crippen molar-refractivity contribution in [1.29, 1.82) is 0 Å². The topological polar surface area (TPSA) is 102 Å². The van der Waals surface area contributed by atoms with Crippen molar-refractivity contribution in [3.05, 3.63) is 72.5 Å². The van der Waals surface area contributed by atoms with Crippen molar-refractivity contribution < 1.29 is 12.8 Å². The highest BCUT2D eigenvalue weighted by Gasteiger charge is 2.24. The van der Waals surface area contributed by atoms with Crippen LogP contribution in [0.3, 0.4) is 0 Å². The smallest absolute Gasteiger partial charge is 0.301 e. The number of hydrogen-bond donors (Lipinski definition) is 0. The number of benzene rings is 1. The number of hydrogen-bond acceptors (Lipinski definition) is 8. The van der Waals surface area contributed by atoms with Crippen LogP contribution in [0.1, 0.15) is 11.4 Å². The van der Waals surface area contributed by atoms with Crippen LogP contribution in [0.2, 0.25) is 0 Å². The molecule has 1 fully saturated rings. The Hall–Kier alpha value is -3.64. The molecule has 1 aliphatic heterocycles. The molecule has 3 aromatic heterocycles. The van der Waals surface area contributed by atoms with E-state index >= 15 is 0 Å². The molecule has 182 valence electrons. The highest BCUT2D eigenvalue weighted by atomic mass is 32.2. The largest absolute Gasteiger partial charge is 0.352 e. The molecule has 0 unspecified atom stereocenters. The maximum Gasteiger partial charge on any atom is 0.301 e. The summed E-state index contributed by atoms with van der Waals surface area (Å²) in [5.41, 5.74) is 2.34. The van der Waals surface area contributed by atoms with Crippen LogP contribution in [-0.4, -0.2) is 68.2 Å². The van der Waals surface area contributed by atoms with Gasteiger partial charge in [0, 0.05) is 75.7 Å². The standard InChI is InChI=1S/C23H25FN8O2S/c1-17-28-21(16-29(17)2)35(33,34)32-15-18(13-27-32)14-30-9-11-31(12-10-30)23-22(25-7-8-26-23)19-3-5-20(24)6-4-19/h3-8,13,15-16H,9-12,14H2,1-2H3. The van der Waals surface area contributed by atoms with Crippen LogP contribution in [0, 0.1) is 12.7 Å². The summed E-state index contributed by atoms with van der Waals surface area (Å²) in [6, 6.07) is 6.25. The van der Waals surface area contributed by atoms with Crippen LogP contribution in [0.5, 0.6) is 0 Å². The van der Waals surface area contributed by atoms with Crippen molar-refractivity contribution in [1.82, 2.24) is 33.6 Å². The Balaban J connectivity index is 1.25. The summed E-state index contributed by atoms with van der Waals surface area (Å²) in [5, 5.41) is 4.05. The van der Waals surface area contributed by atoms with Gasteiger partial charge in [0.05, 0.1) is 6.20 Å². The molecule has 0 bridgehead atoms. The van der Waals surface area contributed by atoms with Crippen molar-refractivity contribution in [2.75, 3.05) is 31.1 Å². The Labute approximate surface area is 202 Å². The van der Waals surface area contributed by atoms with Crippen LogP contribution in [0.15, 0.2) is 60.3 Å². The Kier molecular flexibility index (Phi) is 6.07. The summed E-state index contributed by atoms with van der Waals surface area (Å²) < 4.78 is 41.7. The quantitative estimate of drug-likeness (QED) is 0.400. The minimum atomic E-state index is -3.83. The first-order valence-electron chi connectivity index (χ1n) is 11.1. The fraction of sp³-hybridized carbons (Fsp3) is 0.304. The molecule has 10 nitrogen and oxygen atoms in total. The zero-order valence-corrected chi connectivity index (χ0v) is 20.2. The average Bonchev–Trinajstić information content (AvgIpc) is 3.47. The molecule has 0 saturated carbocycles. The maximum absolute atomic E-state index is 13.4. The van der Waals surface area contributed by atoms with Crippen molar-refractivity contribution >= 4 is 15.8 Å². The minimum Gasteiger partial charge on any atom is -0.352 e. The summed E-state index contributed by atoms with van der Waals surface area (Å²) in [6.07, 6.45) is 7.90. The molecule has 0 atom stereocenters. The van der Waals surface area contributed by atoms with Gasteiger partial charge >= 0.3 is 10.0 Å². The Morgan fingerprint density at radius 3 is 2.40 bits per heavy atom. The second-order valence-corrected chi connectivity index (χ2v) is 10.2. The van der Waals surface area contributed by atoms with Crippen LogP contribution < -0.4 is 4.90 Å². The number of halogens is 1. The molecule has 12 heteroatoms. The van der Waals surface area contributed by atoms with E-state index in [0.717, 1.165) is 52.9 Å². The monoisotopic (exact) mass is 496 g/mol. The van der Waals surface area contributed by atoms with Crippen LogP contribution in [0.4, 0.5) is 10.2 Å². The fourth-order valence-corrected chi connectivity index (χ4v) is 5.22. The zero-order valence-electron chi connectivity index (χ0n) is 19.4. The second-order valence-electron chi connectivity index (χ2n) is 8.46. The summed E-state index contributed by atoms with van der Waals surface area (Å²) in [5.74, 6) is 1.09. The molecule has 35 heavy (non-hydrogen) atoms. The number of rotatable bonds is 6. The number of piperazine rings is 1. The second kappa shape index (κ2) is 9.19. The molecule has 0 aliphatic carbocycles. The third-order valence-corrected chi connectivity index (χ3v) is 7.50. The van der Waals surface area contributed by atoms with Crippen molar-refractivity contribution in [3.8, 4) is 11.3 Å². The van der Waals surface area contributed by atoms with E-state index < -0.39 is 10.0 Å². The van der Waals surface area contributed by atoms with Gasteiger partial charge in [0.1, 0.15) is 17.3 Å². The van der Waals surface area contributed by atoms with Crippen molar-refractivity contribution in [2.45, 2.75) is 18.5 Å². The molecule has 5 rings (SSSR count). The summed E-state index contributed by atoms with van der Waals surface area (Å²) in [6.45, 7) is 5.30. The third-order valence-electron chi connectivity index (χ3n) is 6.09. The van der Waals surface area contributed by atoms with E-state index in [4.69, 9.17) is 0 Å². The molecule has 1 aromatic carbocycles. The molecule has 0 N–H and O–H groups in total. The third kappa shape index (κ3) is 4.66. The molecule has 1 aliphatic rings. The summed E-state index contributed by atoms with van der Waals surface area (Å²) in [4.78, 5) is 17.6. The van der Waals surface area contributed by atoms with Gasteiger partial charge in [-0.3, -0.25) is 9.88 Å². The van der Waals surface area contributed by atoms with Gasteiger partial charge in [-0.15, -0.1) is 0 Å². The molecule has 0 amide bonds. The average molecular weight is 497 g/mol. The normalized spacial score (nSPS) is 15.0. The van der Waals surface area contributed by atoms with E-state index in [0.29, 0.717) is 12.4 Å². The Bertz CT molecular complexity index is 1420. The predicted molar refractivity (Wildman–Crippen MR) is 128 cm³/mol. The molecule has 0 radical (unpaired) electrons. The van der Waals surface area contributed by atoms with Crippen molar-refractivity contribution in [3.63, 3.8) is 0 Å². The van der Waals surface area contributed by atoms with E-state index in [1.54, 1.807) is 55.5 Å². The molecular formula is C23H25FN8O2S. The first-order chi connectivity index (χ1) is 16.8. The minimum absolute atomic E-state index is 0.0262. The number of aryl methyl sites for hydroxylation is 2. The highest BCUT2D eigenvalue weighted by Crippen LogP contribution is 2.27. The van der Waals surface area contributed by atoms with Gasteiger partial charge in [-0.2, -0.15) is 17.6 Å². The highest BCUT2D eigenvalue weighted by molar-refractivity contribution is 7.89. The van der Waals surface area contributed by atoms with Gasteiger partial charge in [0.2, 0.25) is 0 Å². The van der Waals surface area contributed by atoms with Gasteiger partial charge < -0.3 is 9.47 Å². The van der Waals surface area contributed by atoms with Crippen LogP contribution >= 0.6 is 0 Å². The zero-order chi connectivity index (χ0) is 24.6. The van der Waals surface area contributed by atoms with Crippen molar-refractivity contribution in [2.24, 2.45) is 7.05 Å². The first-order valence-corrected chi connectivity index (χ1v) is 12.6. The Morgan fingerprint density at radius 1 is 1.00 bits per heavy atom. The van der Waals surface area contributed by atoms with Gasteiger partial charge in [-0.05, 0) is 31.2 Å². The van der Waals surface area contributed by atoms with Crippen LogP contribution in [0.25, 0.3) is 11.3 Å². The predicted octanol–water partition coefficient (Wildman–Crippen LogP) is 2.08. The number of imidazole rings is 1. The molecule has 0 spiro atoms. The van der Waals surface area contributed by atoms with Gasteiger partial charge in [-0.25, -0.2) is 14.4 Å². The summed E-state index contributed by atoms with van der Waals surface area (Å²) in [7, 11) is -2.08. The summed E-state index contributed by atoms with van der Waals surface area (Å²) >= 11 is 0. The number of aromatic nitrogens is 6. The van der Waals surface area contributed by atoms with Crippen LogP contribution in [-0.2, 0) is 23.6 Å². The van der Waals surface area contributed by atoms with Gasteiger partial charge in [-0.1, -0.05) is 0 Å². The lowest BCUT2D eigenvalue weighted by Gasteiger charge is -2.35. The number of nitrogens with zero attached hydrogens (tertiary/aromatic N) is 8. The maximum atomic E-state index is 13.4. The van der Waals surface area contributed by atoms with E-state index in [2.05, 4.69) is 29.9 Å². The van der Waals surface area contributed by atoms with E-state index in [1.807, 2.05) is 0 Å². The van der Waals surface area contributed by atoms with E-state index in [9.17, 15) is 12.8 Å². The molecule has 4 heterocycles. The number of anilines is 1. The lowest BCUT2D eigenvalue weighted by atomic mass is 10.1. The van der Waals surface area contributed by atoms with E-state index in [1.165, 1.54) is 18.3 Å². The fourth-order valence-electron chi connectivity index (χ4n) is 4.05. The molecular weight excluding hydrogens is 471 g/mol. The Morgan fingerprint density at radius 2 is 1.71 bits per heavy atom. The first kappa shape index (κ1) is 23.1. The lowest BCUT2D eigenvalue weighted by molar-refractivity contribution is 0.249. The van der Waals surface area contributed by atoms with Gasteiger partial charge in [0.15, 0.2) is 10.8 Å². The van der Waals surface area contributed by atoms with E-state index in [-0.39, 0.29) is 10.8 Å². The SMILES string of the molecule is Cc1nc(S(=O)(=O)n2cc(CN3CCN(c4nccnc4-c4ccc(F)cc4)CC3)cn2)cn1C. The molecule has 4 aromatic rings. The van der Waals surface area contributed by atoms with Gasteiger partial charge in [0.25, 0.3) is 0 Å². The molecule has 1 saturated heterocycles. The lowest BCUT2D eigenvalue weighted by Crippen LogP contribution is -2.46.